The van der Waals surface area contributed by atoms with Crippen molar-refractivity contribution >= 4 is 11.6 Å². The van der Waals surface area contributed by atoms with Crippen molar-refractivity contribution < 1.29 is 9.53 Å². The van der Waals surface area contributed by atoms with Gasteiger partial charge in [0.05, 0.1) is 13.2 Å². The molecule has 21 heavy (non-hydrogen) atoms. The predicted molar refractivity (Wildman–Crippen MR) is 86.4 cm³/mol. The summed E-state index contributed by atoms with van der Waals surface area (Å²) < 4.78 is 5.01. The molecule has 0 aromatic heterocycles. The van der Waals surface area contributed by atoms with Crippen LogP contribution in [0.3, 0.4) is 0 Å². The lowest BCUT2D eigenvalue weighted by atomic mass is 10.1. The van der Waals surface area contributed by atoms with Gasteiger partial charge in [0, 0.05) is 31.9 Å². The van der Waals surface area contributed by atoms with Gasteiger partial charge in [-0.3, -0.25) is 4.79 Å². The van der Waals surface area contributed by atoms with Crippen LogP contribution >= 0.6 is 0 Å². The third-order valence-corrected chi connectivity index (χ3v) is 3.41. The Labute approximate surface area is 127 Å². The van der Waals surface area contributed by atoms with Gasteiger partial charge in [-0.15, -0.1) is 0 Å². The second-order valence-corrected chi connectivity index (χ2v) is 5.47. The number of nitrogens with two attached hydrogens (primary N) is 1. The molecule has 118 valence electrons. The Kier molecular flexibility index (Phi) is 7.19. The summed E-state index contributed by atoms with van der Waals surface area (Å²) >= 11 is 0. The maximum atomic E-state index is 11.2. The Morgan fingerprint density at radius 3 is 2.67 bits per heavy atom. The first-order valence-electron chi connectivity index (χ1n) is 7.29. The molecule has 5 heteroatoms. The van der Waals surface area contributed by atoms with Gasteiger partial charge >= 0.3 is 0 Å². The molecule has 0 aliphatic rings. The topological polar surface area (TPSA) is 67.6 Å². The number of rotatable bonds is 9. The van der Waals surface area contributed by atoms with E-state index in [2.05, 4.69) is 38.2 Å². The van der Waals surface area contributed by atoms with Crippen molar-refractivity contribution in [1.82, 2.24) is 5.32 Å². The van der Waals surface area contributed by atoms with Crippen LogP contribution < -0.4 is 16.0 Å². The number of primary amides is 1. The maximum Gasteiger partial charge on any atom is 0.236 e. The van der Waals surface area contributed by atoms with Crippen LogP contribution in [0.4, 0.5) is 5.69 Å². The largest absolute Gasteiger partial charge is 0.383 e. The van der Waals surface area contributed by atoms with Gasteiger partial charge in [0.15, 0.2) is 0 Å². The summed E-state index contributed by atoms with van der Waals surface area (Å²) in [7, 11) is 1.70. The van der Waals surface area contributed by atoms with Gasteiger partial charge in [-0.1, -0.05) is 6.07 Å². The Morgan fingerprint density at radius 2 is 2.14 bits per heavy atom. The van der Waals surface area contributed by atoms with Crippen molar-refractivity contribution in [3.05, 3.63) is 29.3 Å². The highest BCUT2D eigenvalue weighted by atomic mass is 16.5. The third-order valence-electron chi connectivity index (χ3n) is 3.41. The Bertz CT molecular complexity index is 461. The summed E-state index contributed by atoms with van der Waals surface area (Å²) in [5.41, 5.74) is 8.81. The lowest BCUT2D eigenvalue weighted by Gasteiger charge is -2.28. The molecule has 0 saturated carbocycles. The fourth-order valence-corrected chi connectivity index (χ4v) is 2.19. The molecule has 0 atom stereocenters. The van der Waals surface area contributed by atoms with Crippen molar-refractivity contribution in [2.75, 3.05) is 31.7 Å². The smallest absolute Gasteiger partial charge is 0.236 e. The SMILES string of the molecule is COCCNCc1ccc(N(CC(N)=O)C(C)C)cc1C. The van der Waals surface area contributed by atoms with Crippen molar-refractivity contribution in [1.29, 1.82) is 0 Å². The predicted octanol–water partition coefficient (Wildman–Crippen LogP) is 1.43. The van der Waals surface area contributed by atoms with Crippen molar-refractivity contribution in [2.24, 2.45) is 5.73 Å². The number of carbonyl (C=O) groups excluding carboxylic acids is 1. The molecule has 0 saturated heterocycles. The van der Waals surface area contributed by atoms with E-state index in [9.17, 15) is 4.79 Å². The van der Waals surface area contributed by atoms with Crippen molar-refractivity contribution in [3.8, 4) is 0 Å². The summed E-state index contributed by atoms with van der Waals surface area (Å²) in [4.78, 5) is 13.2. The average Bonchev–Trinajstić information content (AvgIpc) is 2.42. The van der Waals surface area contributed by atoms with Crippen LogP contribution in [-0.2, 0) is 16.1 Å². The zero-order valence-corrected chi connectivity index (χ0v) is 13.5. The van der Waals surface area contributed by atoms with Gasteiger partial charge in [0.1, 0.15) is 0 Å². The van der Waals surface area contributed by atoms with Crippen LogP contribution in [0.5, 0.6) is 0 Å². The molecular formula is C16H27N3O2. The second kappa shape index (κ2) is 8.64. The number of anilines is 1. The Morgan fingerprint density at radius 1 is 1.43 bits per heavy atom. The number of methoxy groups -OCH3 is 1. The van der Waals surface area contributed by atoms with Crippen LogP contribution in [0, 0.1) is 6.92 Å². The van der Waals surface area contributed by atoms with E-state index in [-0.39, 0.29) is 18.5 Å². The van der Waals surface area contributed by atoms with E-state index >= 15 is 0 Å². The molecule has 3 N–H and O–H groups in total. The monoisotopic (exact) mass is 293 g/mol. The Balaban J connectivity index is 2.77. The minimum atomic E-state index is -0.313. The van der Waals surface area contributed by atoms with Gasteiger partial charge in [0.25, 0.3) is 0 Å². The summed E-state index contributed by atoms with van der Waals surface area (Å²) in [6, 6.07) is 6.47. The number of carbonyl (C=O) groups is 1. The average molecular weight is 293 g/mol. The quantitative estimate of drug-likeness (QED) is 0.676. The van der Waals surface area contributed by atoms with E-state index in [1.54, 1.807) is 7.11 Å². The molecule has 1 rings (SSSR count). The molecular weight excluding hydrogens is 266 g/mol. The van der Waals surface area contributed by atoms with Gasteiger partial charge in [-0.25, -0.2) is 0 Å². The van der Waals surface area contributed by atoms with Gasteiger partial charge in [-0.2, -0.15) is 0 Å². The number of nitrogens with zero attached hydrogens (tertiary/aromatic N) is 1. The van der Waals surface area contributed by atoms with Gasteiger partial charge in [0.2, 0.25) is 5.91 Å². The van der Waals surface area contributed by atoms with E-state index in [4.69, 9.17) is 10.5 Å². The first-order valence-corrected chi connectivity index (χ1v) is 7.29. The van der Waals surface area contributed by atoms with Crippen LogP contribution in [-0.4, -0.2) is 38.8 Å². The van der Waals surface area contributed by atoms with Gasteiger partial charge in [-0.05, 0) is 44.0 Å². The minimum absolute atomic E-state index is 0.225. The number of nitrogens with one attached hydrogen (secondary N) is 1. The molecule has 1 aromatic carbocycles. The fraction of sp³-hybridized carbons (Fsp3) is 0.562. The van der Waals surface area contributed by atoms with Crippen LogP contribution in [0.1, 0.15) is 25.0 Å². The van der Waals surface area contributed by atoms with E-state index < -0.39 is 0 Å². The normalized spacial score (nSPS) is 10.9. The second-order valence-electron chi connectivity index (χ2n) is 5.47. The summed E-state index contributed by atoms with van der Waals surface area (Å²) in [6.45, 7) is 8.78. The highest BCUT2D eigenvalue weighted by Crippen LogP contribution is 2.21. The van der Waals surface area contributed by atoms with E-state index in [1.165, 1.54) is 11.1 Å². The summed E-state index contributed by atoms with van der Waals surface area (Å²) in [5.74, 6) is -0.313. The Hall–Kier alpha value is -1.59. The zero-order chi connectivity index (χ0) is 15.8. The number of ether oxygens (including phenoxy) is 1. The molecule has 0 aliphatic heterocycles. The molecule has 0 heterocycles. The number of aryl methyl sites for hydroxylation is 1. The molecule has 0 radical (unpaired) electrons. The molecule has 0 spiro atoms. The zero-order valence-electron chi connectivity index (χ0n) is 13.5. The summed E-state index contributed by atoms with van der Waals surface area (Å²) in [6.07, 6.45) is 0. The lowest BCUT2D eigenvalue weighted by Crippen LogP contribution is -2.38. The van der Waals surface area contributed by atoms with Crippen molar-refractivity contribution in [2.45, 2.75) is 33.4 Å². The maximum absolute atomic E-state index is 11.2. The van der Waals surface area contributed by atoms with E-state index in [1.807, 2.05) is 11.0 Å². The highest BCUT2D eigenvalue weighted by Gasteiger charge is 2.13. The number of hydrogen-bond donors (Lipinski definition) is 2. The number of benzene rings is 1. The molecule has 0 fully saturated rings. The standard InChI is InChI=1S/C16H27N3O2/c1-12(2)19(11-16(17)20)15-6-5-14(13(3)9-15)10-18-7-8-21-4/h5-6,9,12,18H,7-8,10-11H2,1-4H3,(H2,17,20). The van der Waals surface area contributed by atoms with E-state index in [0.717, 1.165) is 18.8 Å². The highest BCUT2D eigenvalue weighted by molar-refractivity contribution is 5.79. The van der Waals surface area contributed by atoms with E-state index in [0.29, 0.717) is 6.61 Å². The number of amides is 1. The van der Waals surface area contributed by atoms with Crippen LogP contribution in [0.15, 0.2) is 18.2 Å². The molecule has 0 bridgehead atoms. The molecule has 5 nitrogen and oxygen atoms in total. The molecule has 0 unspecified atom stereocenters. The fourth-order valence-electron chi connectivity index (χ4n) is 2.19. The molecule has 0 aliphatic carbocycles. The number of hydrogen-bond acceptors (Lipinski definition) is 4. The minimum Gasteiger partial charge on any atom is -0.383 e. The first-order chi connectivity index (χ1) is 9.95. The molecule has 1 amide bonds. The van der Waals surface area contributed by atoms with Crippen molar-refractivity contribution in [3.63, 3.8) is 0 Å². The lowest BCUT2D eigenvalue weighted by molar-refractivity contribution is -0.116. The van der Waals surface area contributed by atoms with Crippen LogP contribution in [0.25, 0.3) is 0 Å². The van der Waals surface area contributed by atoms with Crippen LogP contribution in [0.2, 0.25) is 0 Å². The molecule has 1 aromatic rings. The van der Waals surface area contributed by atoms with Gasteiger partial charge < -0.3 is 20.7 Å². The first kappa shape index (κ1) is 17.5. The summed E-state index contributed by atoms with van der Waals surface area (Å²) in [5, 5.41) is 3.33. The third kappa shape index (κ3) is 5.73.